The van der Waals surface area contributed by atoms with Crippen molar-refractivity contribution >= 4 is 5.91 Å². The molecule has 0 aliphatic carbocycles. The molecule has 2 aliphatic heterocycles. The van der Waals surface area contributed by atoms with Crippen molar-refractivity contribution in [3.05, 3.63) is 17.0 Å². The van der Waals surface area contributed by atoms with Gasteiger partial charge in [0.05, 0.1) is 12.3 Å². The molecule has 0 spiro atoms. The van der Waals surface area contributed by atoms with E-state index in [1.54, 1.807) is 13.8 Å². The number of amides is 1. The molecule has 2 aliphatic rings. The fourth-order valence-corrected chi connectivity index (χ4v) is 3.46. The second kappa shape index (κ2) is 6.79. The summed E-state index contributed by atoms with van der Waals surface area (Å²) in [4.78, 5) is 14.8. The first kappa shape index (κ1) is 15.5. The molecule has 22 heavy (non-hydrogen) atoms. The molecule has 3 rings (SSSR count). The van der Waals surface area contributed by atoms with Crippen LogP contribution in [0, 0.1) is 19.8 Å². The van der Waals surface area contributed by atoms with Crippen LogP contribution in [0.3, 0.4) is 0 Å². The molecule has 1 atom stereocenters. The summed E-state index contributed by atoms with van der Waals surface area (Å²) < 4.78 is 10.5. The van der Waals surface area contributed by atoms with Crippen LogP contribution >= 0.6 is 0 Å². The predicted octanol–water partition coefficient (Wildman–Crippen LogP) is 1.52. The molecule has 0 bridgehead atoms. The maximum Gasteiger partial charge on any atom is 0.256 e. The van der Waals surface area contributed by atoms with Gasteiger partial charge >= 0.3 is 0 Å². The van der Waals surface area contributed by atoms with Gasteiger partial charge in [0.25, 0.3) is 5.91 Å². The van der Waals surface area contributed by atoms with E-state index in [1.165, 1.54) is 0 Å². The highest BCUT2D eigenvalue weighted by Crippen LogP contribution is 2.22. The van der Waals surface area contributed by atoms with Crippen molar-refractivity contribution < 1.29 is 14.1 Å². The lowest BCUT2D eigenvalue weighted by Gasteiger charge is -2.35. The van der Waals surface area contributed by atoms with Crippen LogP contribution < -0.4 is 5.32 Å². The van der Waals surface area contributed by atoms with Crippen LogP contribution in [-0.2, 0) is 4.74 Å². The van der Waals surface area contributed by atoms with Gasteiger partial charge in [0, 0.05) is 19.2 Å². The summed E-state index contributed by atoms with van der Waals surface area (Å²) >= 11 is 0. The number of aryl methyl sites for hydroxylation is 2. The van der Waals surface area contributed by atoms with Crippen LogP contribution in [0.5, 0.6) is 0 Å². The number of nitrogens with zero attached hydrogens (tertiary/aromatic N) is 2. The highest BCUT2D eigenvalue weighted by atomic mass is 16.5. The SMILES string of the molecule is Cc1noc(C)c1C(=O)NCC1CCN(C2CCOC2)CC1. The molecule has 1 unspecified atom stereocenters. The van der Waals surface area contributed by atoms with Gasteiger partial charge in [0.1, 0.15) is 11.3 Å². The summed E-state index contributed by atoms with van der Waals surface area (Å²) in [5.74, 6) is 1.08. The third kappa shape index (κ3) is 3.33. The van der Waals surface area contributed by atoms with Crippen LogP contribution in [0.1, 0.15) is 41.1 Å². The fraction of sp³-hybridized carbons (Fsp3) is 0.750. The highest BCUT2D eigenvalue weighted by molar-refractivity contribution is 5.96. The minimum absolute atomic E-state index is 0.0668. The highest BCUT2D eigenvalue weighted by Gasteiger charge is 2.28. The first-order valence-corrected chi connectivity index (χ1v) is 8.18. The number of hydrogen-bond acceptors (Lipinski definition) is 5. The van der Waals surface area contributed by atoms with Crippen LogP contribution in [0.4, 0.5) is 0 Å². The van der Waals surface area contributed by atoms with Crippen molar-refractivity contribution in [2.45, 2.75) is 39.2 Å². The third-order valence-corrected chi connectivity index (χ3v) is 4.88. The summed E-state index contributed by atoms with van der Waals surface area (Å²) in [7, 11) is 0. The number of carbonyl (C=O) groups is 1. The van der Waals surface area contributed by atoms with E-state index in [1.807, 2.05) is 0 Å². The molecule has 1 aromatic rings. The average Bonchev–Trinajstić information content (AvgIpc) is 3.16. The Hall–Kier alpha value is -1.40. The van der Waals surface area contributed by atoms with Crippen LogP contribution in [0.2, 0.25) is 0 Å². The normalized spacial score (nSPS) is 23.8. The van der Waals surface area contributed by atoms with Crippen LogP contribution in [-0.4, -0.2) is 54.9 Å². The molecule has 3 heterocycles. The number of aromatic nitrogens is 1. The van der Waals surface area contributed by atoms with E-state index in [2.05, 4.69) is 15.4 Å². The summed E-state index contributed by atoms with van der Waals surface area (Å²) in [6.07, 6.45) is 3.43. The molecule has 1 N–H and O–H groups in total. The lowest BCUT2D eigenvalue weighted by Crippen LogP contribution is -2.44. The Balaban J connectivity index is 1.44. The lowest BCUT2D eigenvalue weighted by atomic mass is 9.95. The molecule has 6 heteroatoms. The topological polar surface area (TPSA) is 67.6 Å². The fourth-order valence-electron chi connectivity index (χ4n) is 3.46. The lowest BCUT2D eigenvalue weighted by molar-refractivity contribution is 0.0909. The van der Waals surface area contributed by atoms with Crippen molar-refractivity contribution in [1.82, 2.24) is 15.4 Å². The van der Waals surface area contributed by atoms with E-state index < -0.39 is 0 Å². The van der Waals surface area contributed by atoms with E-state index >= 15 is 0 Å². The molecule has 122 valence electrons. The molecule has 6 nitrogen and oxygen atoms in total. The largest absolute Gasteiger partial charge is 0.380 e. The molecule has 2 fully saturated rings. The summed E-state index contributed by atoms with van der Waals surface area (Å²) in [6.45, 7) is 8.31. The molecule has 0 radical (unpaired) electrons. The minimum Gasteiger partial charge on any atom is -0.380 e. The van der Waals surface area contributed by atoms with Gasteiger partial charge in [-0.05, 0) is 52.1 Å². The van der Waals surface area contributed by atoms with Gasteiger partial charge < -0.3 is 14.6 Å². The van der Waals surface area contributed by atoms with Crippen molar-refractivity contribution in [3.8, 4) is 0 Å². The van der Waals surface area contributed by atoms with E-state index in [4.69, 9.17) is 9.26 Å². The van der Waals surface area contributed by atoms with Crippen LogP contribution in [0.25, 0.3) is 0 Å². The van der Waals surface area contributed by atoms with E-state index in [0.29, 0.717) is 29.0 Å². The standard InChI is InChI=1S/C16H25N3O3/c1-11-15(12(2)22-18-11)16(20)17-9-13-3-6-19(7-4-13)14-5-8-21-10-14/h13-14H,3-10H2,1-2H3,(H,17,20). The Bertz CT molecular complexity index is 495. The number of hydrogen-bond donors (Lipinski definition) is 1. The Morgan fingerprint density at radius 3 is 2.68 bits per heavy atom. The first-order valence-electron chi connectivity index (χ1n) is 8.18. The van der Waals surface area contributed by atoms with Crippen molar-refractivity contribution in [2.75, 3.05) is 32.8 Å². The van der Waals surface area contributed by atoms with E-state index in [9.17, 15) is 4.79 Å². The molecular weight excluding hydrogens is 282 g/mol. The zero-order chi connectivity index (χ0) is 15.5. The smallest absolute Gasteiger partial charge is 0.256 e. The molecular formula is C16H25N3O3. The summed E-state index contributed by atoms with van der Waals surface area (Å²) in [6, 6.07) is 0.609. The molecule has 0 saturated carbocycles. The van der Waals surface area contributed by atoms with Gasteiger partial charge in [0.2, 0.25) is 0 Å². The van der Waals surface area contributed by atoms with E-state index in [-0.39, 0.29) is 5.91 Å². The quantitative estimate of drug-likeness (QED) is 0.913. The number of piperidine rings is 1. The second-order valence-electron chi connectivity index (χ2n) is 6.41. The van der Waals surface area contributed by atoms with Gasteiger partial charge in [-0.3, -0.25) is 9.69 Å². The van der Waals surface area contributed by atoms with Gasteiger partial charge in [0.15, 0.2) is 0 Å². The van der Waals surface area contributed by atoms with Gasteiger partial charge in [-0.1, -0.05) is 5.16 Å². The number of nitrogens with one attached hydrogen (secondary N) is 1. The van der Waals surface area contributed by atoms with Crippen molar-refractivity contribution in [2.24, 2.45) is 5.92 Å². The summed E-state index contributed by atoms with van der Waals surface area (Å²) in [5, 5.41) is 6.87. The Morgan fingerprint density at radius 2 is 2.09 bits per heavy atom. The third-order valence-electron chi connectivity index (χ3n) is 4.88. The average molecular weight is 307 g/mol. The molecule has 1 amide bonds. The monoisotopic (exact) mass is 307 g/mol. The second-order valence-corrected chi connectivity index (χ2v) is 6.41. The zero-order valence-electron chi connectivity index (χ0n) is 13.4. The molecule has 1 aromatic heterocycles. The first-order chi connectivity index (χ1) is 10.6. The number of rotatable bonds is 4. The zero-order valence-corrected chi connectivity index (χ0v) is 13.4. The van der Waals surface area contributed by atoms with Gasteiger partial charge in [-0.15, -0.1) is 0 Å². The minimum atomic E-state index is -0.0668. The maximum absolute atomic E-state index is 12.2. The van der Waals surface area contributed by atoms with E-state index in [0.717, 1.165) is 52.1 Å². The van der Waals surface area contributed by atoms with Crippen LogP contribution in [0.15, 0.2) is 4.52 Å². The number of carbonyl (C=O) groups excluding carboxylic acids is 1. The Morgan fingerprint density at radius 1 is 1.32 bits per heavy atom. The van der Waals surface area contributed by atoms with Gasteiger partial charge in [-0.25, -0.2) is 0 Å². The molecule has 2 saturated heterocycles. The van der Waals surface area contributed by atoms with Crippen molar-refractivity contribution in [1.29, 1.82) is 0 Å². The number of ether oxygens (including phenoxy) is 1. The van der Waals surface area contributed by atoms with Gasteiger partial charge in [-0.2, -0.15) is 0 Å². The summed E-state index contributed by atoms with van der Waals surface area (Å²) in [5.41, 5.74) is 1.24. The molecule has 0 aromatic carbocycles. The predicted molar refractivity (Wildman–Crippen MR) is 81.8 cm³/mol. The Labute approximate surface area is 131 Å². The van der Waals surface area contributed by atoms with Crippen molar-refractivity contribution in [3.63, 3.8) is 0 Å². The Kier molecular flexibility index (Phi) is 4.78. The maximum atomic E-state index is 12.2. The number of likely N-dealkylation sites (tertiary alicyclic amines) is 1.